The van der Waals surface area contributed by atoms with Gasteiger partial charge in [-0.2, -0.15) is 0 Å². The number of hydrogen-bond donors (Lipinski definition) is 0. The molecule has 0 saturated heterocycles. The normalized spacial score (nSPS) is 15.9. The standard InChI is InChI=1S/C22H42O7S/c1-16(14-21(3,4)5)9-11-28-19(23)13-18(30(25,26)27)20(24)29-12-10-17(2)15-22(6,7)8/h16-18H,9-15H2,1-8H3,(H,25,26,27)/p-1. The molecule has 0 aliphatic rings. The molecule has 0 spiro atoms. The third-order valence-corrected chi connectivity index (χ3v) is 5.67. The van der Waals surface area contributed by atoms with Crippen LogP contribution in [-0.4, -0.2) is 43.4 Å². The van der Waals surface area contributed by atoms with Gasteiger partial charge in [0.05, 0.1) is 19.6 Å². The van der Waals surface area contributed by atoms with Gasteiger partial charge >= 0.3 is 11.9 Å². The maximum atomic E-state index is 12.1. The SMILES string of the molecule is CC(CCOC(=O)CC(C(=O)OCCC(C)CC(C)(C)C)S(=O)(=O)[O-])CC(C)(C)C. The highest BCUT2D eigenvalue weighted by molar-refractivity contribution is 7.87. The highest BCUT2D eigenvalue weighted by Crippen LogP contribution is 2.26. The number of carbonyl (C=O) groups is 2. The first kappa shape index (κ1) is 28.9. The summed E-state index contributed by atoms with van der Waals surface area (Å²) in [6, 6.07) is 0. The Hall–Kier alpha value is -1.15. The van der Waals surface area contributed by atoms with Gasteiger partial charge in [-0.25, -0.2) is 8.42 Å². The van der Waals surface area contributed by atoms with E-state index in [4.69, 9.17) is 9.47 Å². The van der Waals surface area contributed by atoms with Gasteiger partial charge in [0.25, 0.3) is 0 Å². The van der Waals surface area contributed by atoms with Crippen molar-refractivity contribution in [2.24, 2.45) is 22.7 Å². The maximum absolute atomic E-state index is 12.1. The fourth-order valence-electron chi connectivity index (χ4n) is 3.64. The van der Waals surface area contributed by atoms with E-state index in [1.54, 1.807) is 0 Å². The van der Waals surface area contributed by atoms with Gasteiger partial charge in [-0.3, -0.25) is 9.59 Å². The summed E-state index contributed by atoms with van der Waals surface area (Å²) in [5.41, 5.74) is 0.276. The van der Waals surface area contributed by atoms with Crippen molar-refractivity contribution in [3.05, 3.63) is 0 Å². The minimum Gasteiger partial charge on any atom is -0.747 e. The topological polar surface area (TPSA) is 110 Å². The molecule has 8 heteroatoms. The lowest BCUT2D eigenvalue weighted by Gasteiger charge is -2.24. The predicted molar refractivity (Wildman–Crippen MR) is 116 cm³/mol. The Balaban J connectivity index is 4.58. The van der Waals surface area contributed by atoms with Gasteiger partial charge in [-0.1, -0.05) is 55.4 Å². The molecule has 30 heavy (non-hydrogen) atoms. The Morgan fingerprint density at radius 3 is 1.60 bits per heavy atom. The molecule has 3 unspecified atom stereocenters. The van der Waals surface area contributed by atoms with Crippen LogP contribution in [0, 0.1) is 22.7 Å². The van der Waals surface area contributed by atoms with Crippen LogP contribution in [0.15, 0.2) is 0 Å². The highest BCUT2D eigenvalue weighted by atomic mass is 32.2. The van der Waals surface area contributed by atoms with Crippen LogP contribution in [0.5, 0.6) is 0 Å². The van der Waals surface area contributed by atoms with E-state index in [0.717, 1.165) is 12.8 Å². The molecule has 0 radical (unpaired) electrons. The minimum atomic E-state index is -5.03. The molecule has 0 aliphatic carbocycles. The number of hydrogen-bond acceptors (Lipinski definition) is 7. The van der Waals surface area contributed by atoms with Crippen molar-refractivity contribution in [1.82, 2.24) is 0 Å². The maximum Gasteiger partial charge on any atom is 0.323 e. The summed E-state index contributed by atoms with van der Waals surface area (Å²) >= 11 is 0. The molecule has 0 heterocycles. The van der Waals surface area contributed by atoms with Crippen molar-refractivity contribution < 1.29 is 32.0 Å². The summed E-state index contributed by atoms with van der Waals surface area (Å²) in [5.74, 6) is -1.50. The first-order chi connectivity index (χ1) is 13.4. The Morgan fingerprint density at radius 1 is 0.833 bits per heavy atom. The zero-order valence-corrected chi connectivity index (χ0v) is 20.8. The molecule has 0 N–H and O–H groups in total. The van der Waals surface area contributed by atoms with Crippen LogP contribution in [0.2, 0.25) is 0 Å². The van der Waals surface area contributed by atoms with E-state index in [-0.39, 0.29) is 30.0 Å². The lowest BCUT2D eigenvalue weighted by atomic mass is 9.84. The molecule has 3 atom stereocenters. The molecule has 0 fully saturated rings. The van der Waals surface area contributed by atoms with Crippen molar-refractivity contribution in [2.75, 3.05) is 13.2 Å². The second-order valence-corrected chi connectivity index (χ2v) is 12.4. The van der Waals surface area contributed by atoms with Crippen molar-refractivity contribution in [1.29, 1.82) is 0 Å². The van der Waals surface area contributed by atoms with E-state index in [1.807, 2.05) is 13.8 Å². The van der Waals surface area contributed by atoms with Gasteiger partial charge in [0, 0.05) is 0 Å². The van der Waals surface area contributed by atoms with E-state index in [0.29, 0.717) is 18.8 Å². The molecule has 7 nitrogen and oxygen atoms in total. The molecular formula is C22H41O7S-. The molecule has 178 valence electrons. The van der Waals surface area contributed by atoms with Gasteiger partial charge in [0.1, 0.15) is 10.1 Å². The third-order valence-electron chi connectivity index (χ3n) is 4.61. The molecule has 0 aromatic rings. The Labute approximate surface area is 183 Å². The van der Waals surface area contributed by atoms with E-state index in [1.165, 1.54) is 0 Å². The van der Waals surface area contributed by atoms with E-state index in [2.05, 4.69) is 41.5 Å². The van der Waals surface area contributed by atoms with Crippen LogP contribution < -0.4 is 0 Å². The third kappa shape index (κ3) is 14.8. The van der Waals surface area contributed by atoms with E-state index < -0.39 is 33.7 Å². The second-order valence-electron chi connectivity index (χ2n) is 10.9. The van der Waals surface area contributed by atoms with Gasteiger partial charge in [0.15, 0.2) is 5.25 Å². The van der Waals surface area contributed by atoms with Crippen LogP contribution in [0.3, 0.4) is 0 Å². The van der Waals surface area contributed by atoms with Gasteiger partial charge in [-0.05, 0) is 48.3 Å². The summed E-state index contributed by atoms with van der Waals surface area (Å²) in [5, 5.41) is -2.07. The minimum absolute atomic E-state index is 0.00145. The Morgan fingerprint density at radius 2 is 1.23 bits per heavy atom. The zero-order chi connectivity index (χ0) is 23.8. The van der Waals surface area contributed by atoms with Crippen LogP contribution in [0.25, 0.3) is 0 Å². The van der Waals surface area contributed by atoms with E-state index in [9.17, 15) is 22.6 Å². The molecule has 0 aliphatic heterocycles. The summed E-state index contributed by atoms with van der Waals surface area (Å²) in [4.78, 5) is 24.1. The van der Waals surface area contributed by atoms with Gasteiger partial charge in [0.2, 0.25) is 0 Å². The number of carbonyl (C=O) groups excluding carboxylic acids is 2. The predicted octanol–water partition coefficient (Wildman–Crippen LogP) is 4.30. The fraction of sp³-hybridized carbons (Fsp3) is 0.909. The van der Waals surface area contributed by atoms with Crippen molar-refractivity contribution in [3.63, 3.8) is 0 Å². The van der Waals surface area contributed by atoms with Gasteiger partial charge in [-0.15, -0.1) is 0 Å². The first-order valence-electron chi connectivity index (χ1n) is 10.7. The molecule has 0 aromatic heterocycles. The molecule has 0 aromatic carbocycles. The van der Waals surface area contributed by atoms with Gasteiger partial charge < -0.3 is 14.0 Å². The van der Waals surface area contributed by atoms with E-state index >= 15 is 0 Å². The summed E-state index contributed by atoms with van der Waals surface area (Å²) in [6.45, 7) is 16.8. The fourth-order valence-corrected chi connectivity index (χ4v) is 4.28. The average molecular weight is 450 g/mol. The van der Waals surface area contributed by atoms with Crippen molar-refractivity contribution in [3.8, 4) is 0 Å². The smallest absolute Gasteiger partial charge is 0.323 e. The first-order valence-corrected chi connectivity index (χ1v) is 12.1. The molecule has 0 amide bonds. The van der Waals surface area contributed by atoms with Crippen LogP contribution in [0.1, 0.15) is 87.5 Å². The lowest BCUT2D eigenvalue weighted by Crippen LogP contribution is -2.35. The van der Waals surface area contributed by atoms with Crippen molar-refractivity contribution >= 4 is 22.1 Å². The van der Waals surface area contributed by atoms with Crippen LogP contribution in [0.4, 0.5) is 0 Å². The number of ether oxygens (including phenoxy) is 2. The Bertz CT molecular complexity index is 641. The van der Waals surface area contributed by atoms with Crippen LogP contribution in [-0.2, 0) is 29.2 Å². The van der Waals surface area contributed by atoms with Crippen LogP contribution >= 0.6 is 0 Å². The molecule has 0 bridgehead atoms. The molecule has 0 saturated carbocycles. The zero-order valence-electron chi connectivity index (χ0n) is 19.9. The largest absolute Gasteiger partial charge is 0.747 e. The second kappa shape index (κ2) is 12.0. The number of esters is 2. The monoisotopic (exact) mass is 449 g/mol. The molecular weight excluding hydrogens is 408 g/mol. The Kier molecular flexibility index (Phi) is 11.6. The highest BCUT2D eigenvalue weighted by Gasteiger charge is 2.31. The van der Waals surface area contributed by atoms with Crippen molar-refractivity contribution in [2.45, 2.75) is 92.7 Å². The summed E-state index contributed by atoms with van der Waals surface area (Å²) < 4.78 is 44.4. The average Bonchev–Trinajstić information content (AvgIpc) is 2.47. The summed E-state index contributed by atoms with van der Waals surface area (Å²) in [7, 11) is -5.03. The lowest BCUT2D eigenvalue weighted by molar-refractivity contribution is -0.150. The molecule has 0 rings (SSSR count). The quantitative estimate of drug-likeness (QED) is 0.323. The number of rotatable bonds is 12. The summed E-state index contributed by atoms with van der Waals surface area (Å²) in [6.07, 6.45) is 2.20.